The van der Waals surface area contributed by atoms with E-state index in [1.54, 1.807) is 6.26 Å². The van der Waals surface area contributed by atoms with Crippen LogP contribution >= 0.6 is 0 Å². The van der Waals surface area contributed by atoms with E-state index in [0.717, 1.165) is 33.9 Å². The molecule has 0 saturated carbocycles. The van der Waals surface area contributed by atoms with Gasteiger partial charge in [-0.2, -0.15) is 0 Å². The lowest BCUT2D eigenvalue weighted by atomic mass is 10.1. The number of furan rings is 1. The second-order valence-electron chi connectivity index (χ2n) is 6.17. The maximum Gasteiger partial charge on any atom is 0.177 e. The zero-order chi connectivity index (χ0) is 17.2. The molecule has 25 heavy (non-hydrogen) atoms. The van der Waals surface area contributed by atoms with E-state index in [9.17, 15) is 0 Å². The summed E-state index contributed by atoms with van der Waals surface area (Å²) in [6.45, 7) is 5.43. The van der Waals surface area contributed by atoms with E-state index in [2.05, 4.69) is 36.6 Å². The van der Waals surface area contributed by atoms with Crippen LogP contribution in [0, 0.1) is 13.8 Å². The molecule has 4 heteroatoms. The first-order valence-corrected chi connectivity index (χ1v) is 8.41. The molecule has 126 valence electrons. The van der Waals surface area contributed by atoms with Crippen molar-refractivity contribution in [1.29, 1.82) is 0 Å². The summed E-state index contributed by atoms with van der Waals surface area (Å²) in [6.07, 6.45) is 1.67. The fraction of sp³-hybridized carbons (Fsp3) is 0.190. The minimum atomic E-state index is 0.567. The Kier molecular flexibility index (Phi) is 4.02. The van der Waals surface area contributed by atoms with Gasteiger partial charge in [0.2, 0.25) is 0 Å². The predicted octanol–water partition coefficient (Wildman–Crippen LogP) is 4.99. The van der Waals surface area contributed by atoms with E-state index >= 15 is 0 Å². The van der Waals surface area contributed by atoms with E-state index < -0.39 is 0 Å². The first-order chi connectivity index (χ1) is 12.2. The van der Waals surface area contributed by atoms with E-state index in [1.807, 2.05) is 36.4 Å². The van der Waals surface area contributed by atoms with Gasteiger partial charge in [-0.25, -0.2) is 4.98 Å². The molecule has 0 aliphatic carbocycles. The van der Waals surface area contributed by atoms with Crippen molar-refractivity contribution in [2.75, 3.05) is 6.61 Å². The number of para-hydroxylation sites is 2. The Morgan fingerprint density at radius 1 is 1.04 bits per heavy atom. The van der Waals surface area contributed by atoms with Gasteiger partial charge in [0.1, 0.15) is 12.4 Å². The molecular weight excluding hydrogens is 312 g/mol. The summed E-state index contributed by atoms with van der Waals surface area (Å²) in [5.41, 5.74) is 4.44. The van der Waals surface area contributed by atoms with Crippen LogP contribution in [0.2, 0.25) is 0 Å². The van der Waals surface area contributed by atoms with E-state index in [0.29, 0.717) is 13.2 Å². The Bertz CT molecular complexity index is 1000. The first-order valence-electron chi connectivity index (χ1n) is 8.41. The summed E-state index contributed by atoms with van der Waals surface area (Å²) in [6, 6.07) is 18.2. The SMILES string of the molecule is Cc1ccc(OCCn2c(-c3ccco3)nc3ccccc32)c(C)c1. The van der Waals surface area contributed by atoms with Gasteiger partial charge in [-0.15, -0.1) is 0 Å². The molecule has 0 N–H and O–H groups in total. The maximum atomic E-state index is 6.01. The minimum absolute atomic E-state index is 0.567. The van der Waals surface area contributed by atoms with Crippen molar-refractivity contribution in [3.8, 4) is 17.3 Å². The standard InChI is InChI=1S/C21H20N2O2/c1-15-9-10-19(16(2)14-15)25-13-11-23-18-7-4-3-6-17(18)22-21(23)20-8-5-12-24-20/h3-10,12,14H,11,13H2,1-2H3. The summed E-state index contributed by atoms with van der Waals surface area (Å²) in [7, 11) is 0. The average molecular weight is 332 g/mol. The van der Waals surface area contributed by atoms with Gasteiger partial charge in [0.25, 0.3) is 0 Å². The van der Waals surface area contributed by atoms with Crippen molar-refractivity contribution in [3.63, 3.8) is 0 Å². The molecule has 0 saturated heterocycles. The molecule has 2 aromatic carbocycles. The van der Waals surface area contributed by atoms with Gasteiger partial charge in [0.15, 0.2) is 11.6 Å². The zero-order valence-electron chi connectivity index (χ0n) is 14.4. The number of aromatic nitrogens is 2. The van der Waals surface area contributed by atoms with Crippen LogP contribution in [0.3, 0.4) is 0 Å². The van der Waals surface area contributed by atoms with E-state index in [-0.39, 0.29) is 0 Å². The minimum Gasteiger partial charge on any atom is -0.491 e. The van der Waals surface area contributed by atoms with Crippen LogP contribution < -0.4 is 4.74 Å². The Labute approximate surface area is 146 Å². The number of nitrogens with zero attached hydrogens (tertiary/aromatic N) is 2. The molecule has 2 aromatic heterocycles. The molecule has 0 radical (unpaired) electrons. The Morgan fingerprint density at radius 2 is 1.92 bits per heavy atom. The van der Waals surface area contributed by atoms with Gasteiger partial charge >= 0.3 is 0 Å². The topological polar surface area (TPSA) is 40.2 Å². The molecule has 0 fully saturated rings. The monoisotopic (exact) mass is 332 g/mol. The average Bonchev–Trinajstić information content (AvgIpc) is 3.25. The lowest BCUT2D eigenvalue weighted by Crippen LogP contribution is -2.10. The molecule has 0 atom stereocenters. The normalized spacial score (nSPS) is 11.1. The largest absolute Gasteiger partial charge is 0.491 e. The molecule has 0 unspecified atom stereocenters. The molecule has 0 amide bonds. The third-order valence-electron chi connectivity index (χ3n) is 4.30. The fourth-order valence-electron chi connectivity index (χ4n) is 3.10. The Balaban J connectivity index is 1.61. The summed E-state index contributed by atoms with van der Waals surface area (Å²) >= 11 is 0. The molecule has 0 bridgehead atoms. The molecule has 2 heterocycles. The third kappa shape index (κ3) is 3.03. The highest BCUT2D eigenvalue weighted by atomic mass is 16.5. The van der Waals surface area contributed by atoms with Gasteiger partial charge in [0, 0.05) is 0 Å². The number of aryl methyl sites for hydroxylation is 2. The first kappa shape index (κ1) is 15.5. The number of fused-ring (bicyclic) bond motifs is 1. The molecule has 0 aliphatic rings. The van der Waals surface area contributed by atoms with Crippen LogP contribution in [-0.4, -0.2) is 16.2 Å². The fourth-order valence-corrected chi connectivity index (χ4v) is 3.10. The number of rotatable bonds is 5. The molecular formula is C21H20N2O2. The van der Waals surface area contributed by atoms with Crippen molar-refractivity contribution in [3.05, 3.63) is 72.0 Å². The highest BCUT2D eigenvalue weighted by molar-refractivity contribution is 5.79. The smallest absolute Gasteiger partial charge is 0.177 e. The van der Waals surface area contributed by atoms with E-state index in [4.69, 9.17) is 14.1 Å². The Morgan fingerprint density at radius 3 is 2.72 bits per heavy atom. The molecule has 0 aliphatic heterocycles. The lowest BCUT2D eigenvalue weighted by molar-refractivity contribution is 0.298. The molecule has 4 aromatic rings. The van der Waals surface area contributed by atoms with Gasteiger partial charge in [0.05, 0.1) is 23.8 Å². The lowest BCUT2D eigenvalue weighted by Gasteiger charge is -2.12. The number of benzene rings is 2. The van der Waals surface area contributed by atoms with E-state index in [1.165, 1.54) is 5.56 Å². The van der Waals surface area contributed by atoms with Gasteiger partial charge in [-0.3, -0.25) is 0 Å². The summed E-state index contributed by atoms with van der Waals surface area (Å²) < 4.78 is 13.7. The number of hydrogen-bond acceptors (Lipinski definition) is 3. The quantitative estimate of drug-likeness (QED) is 0.517. The van der Waals surface area contributed by atoms with Crippen molar-refractivity contribution in [2.45, 2.75) is 20.4 Å². The third-order valence-corrected chi connectivity index (χ3v) is 4.30. The Hall–Kier alpha value is -3.01. The van der Waals surface area contributed by atoms with Crippen molar-refractivity contribution < 1.29 is 9.15 Å². The molecule has 0 spiro atoms. The van der Waals surface area contributed by atoms with Crippen LogP contribution in [0.5, 0.6) is 5.75 Å². The predicted molar refractivity (Wildman–Crippen MR) is 98.8 cm³/mol. The van der Waals surface area contributed by atoms with Crippen molar-refractivity contribution in [2.24, 2.45) is 0 Å². The zero-order valence-corrected chi connectivity index (χ0v) is 14.4. The summed E-state index contributed by atoms with van der Waals surface area (Å²) in [5, 5.41) is 0. The number of imidazole rings is 1. The van der Waals surface area contributed by atoms with Crippen molar-refractivity contribution in [1.82, 2.24) is 9.55 Å². The highest BCUT2D eigenvalue weighted by Gasteiger charge is 2.14. The van der Waals surface area contributed by atoms with Gasteiger partial charge in [-0.1, -0.05) is 29.8 Å². The van der Waals surface area contributed by atoms with Crippen LogP contribution in [0.4, 0.5) is 0 Å². The summed E-state index contributed by atoms with van der Waals surface area (Å²) in [4.78, 5) is 4.72. The summed E-state index contributed by atoms with van der Waals surface area (Å²) in [5.74, 6) is 2.52. The second kappa shape index (κ2) is 6.48. The second-order valence-corrected chi connectivity index (χ2v) is 6.17. The van der Waals surface area contributed by atoms with Gasteiger partial charge in [-0.05, 0) is 49.7 Å². The molecule has 4 rings (SSSR count). The maximum absolute atomic E-state index is 6.01. The van der Waals surface area contributed by atoms with Crippen LogP contribution in [0.1, 0.15) is 11.1 Å². The van der Waals surface area contributed by atoms with Crippen LogP contribution in [0.15, 0.2) is 65.3 Å². The van der Waals surface area contributed by atoms with Gasteiger partial charge < -0.3 is 13.7 Å². The van der Waals surface area contributed by atoms with Crippen LogP contribution in [0.25, 0.3) is 22.6 Å². The van der Waals surface area contributed by atoms with Crippen molar-refractivity contribution >= 4 is 11.0 Å². The number of hydrogen-bond donors (Lipinski definition) is 0. The highest BCUT2D eigenvalue weighted by Crippen LogP contribution is 2.25. The molecule has 4 nitrogen and oxygen atoms in total. The number of ether oxygens (including phenoxy) is 1. The van der Waals surface area contributed by atoms with Crippen LogP contribution in [-0.2, 0) is 6.54 Å².